The molecule has 1 aliphatic carbocycles. The normalized spacial score (nSPS) is 24.4. The summed E-state index contributed by atoms with van der Waals surface area (Å²) in [5.41, 5.74) is 1.74. The van der Waals surface area contributed by atoms with Crippen LogP contribution in [0.15, 0.2) is 18.2 Å². The van der Waals surface area contributed by atoms with Gasteiger partial charge in [-0.25, -0.2) is 0 Å². The molecule has 16 heavy (non-hydrogen) atoms. The number of aliphatic hydroxyl groups is 1. The summed E-state index contributed by atoms with van der Waals surface area (Å²) >= 11 is 0. The maximum absolute atomic E-state index is 10.1. The number of fused-ring (bicyclic) bond motifs is 1. The minimum Gasteiger partial charge on any atom is -0.488 e. The van der Waals surface area contributed by atoms with Crippen LogP contribution >= 0.6 is 0 Å². The van der Waals surface area contributed by atoms with Crippen molar-refractivity contribution in [3.05, 3.63) is 29.3 Å². The summed E-state index contributed by atoms with van der Waals surface area (Å²) in [7, 11) is 0. The van der Waals surface area contributed by atoms with Crippen molar-refractivity contribution in [3.8, 4) is 5.75 Å². The molecule has 1 aromatic carbocycles. The van der Waals surface area contributed by atoms with E-state index in [-0.39, 0.29) is 5.60 Å². The molecule has 1 aliphatic heterocycles. The zero-order valence-corrected chi connectivity index (χ0v) is 9.92. The van der Waals surface area contributed by atoms with Crippen LogP contribution in [0.5, 0.6) is 5.75 Å². The van der Waals surface area contributed by atoms with Crippen molar-refractivity contribution in [1.29, 1.82) is 0 Å². The predicted molar refractivity (Wildman–Crippen MR) is 62.6 cm³/mol. The van der Waals surface area contributed by atoms with Crippen LogP contribution in [0, 0.1) is 0 Å². The first kappa shape index (κ1) is 10.2. The van der Waals surface area contributed by atoms with E-state index in [2.05, 4.69) is 19.9 Å². The van der Waals surface area contributed by atoms with E-state index < -0.39 is 5.60 Å². The Kier molecular flexibility index (Phi) is 1.91. The molecule has 2 nitrogen and oxygen atoms in total. The molecule has 0 amide bonds. The molecule has 2 heteroatoms. The van der Waals surface area contributed by atoms with Gasteiger partial charge in [0, 0.05) is 0 Å². The monoisotopic (exact) mass is 218 g/mol. The van der Waals surface area contributed by atoms with Crippen molar-refractivity contribution in [2.24, 2.45) is 0 Å². The summed E-state index contributed by atoms with van der Waals surface area (Å²) in [6, 6.07) is 6.15. The van der Waals surface area contributed by atoms with Crippen molar-refractivity contribution >= 4 is 0 Å². The Morgan fingerprint density at radius 1 is 1.19 bits per heavy atom. The number of benzene rings is 1. The lowest BCUT2D eigenvalue weighted by atomic mass is 9.92. The molecular weight excluding hydrogens is 200 g/mol. The molecule has 0 spiro atoms. The van der Waals surface area contributed by atoms with Crippen LogP contribution in [0.4, 0.5) is 0 Å². The zero-order chi connectivity index (χ0) is 11.4. The Labute approximate surface area is 96.2 Å². The first-order valence-electron chi connectivity index (χ1n) is 6.03. The Morgan fingerprint density at radius 3 is 2.62 bits per heavy atom. The smallest absolute Gasteiger partial charge is 0.123 e. The van der Waals surface area contributed by atoms with Gasteiger partial charge in [-0.15, -0.1) is 0 Å². The lowest BCUT2D eigenvalue weighted by Crippen LogP contribution is -2.32. The number of hydrogen-bond donors (Lipinski definition) is 1. The van der Waals surface area contributed by atoms with E-state index in [1.807, 2.05) is 12.1 Å². The van der Waals surface area contributed by atoms with Gasteiger partial charge in [-0.3, -0.25) is 0 Å². The highest BCUT2D eigenvalue weighted by atomic mass is 16.5. The predicted octanol–water partition coefficient (Wildman–Crippen LogP) is 2.77. The fraction of sp³-hybridized carbons (Fsp3) is 0.571. The van der Waals surface area contributed by atoms with E-state index in [9.17, 15) is 5.11 Å². The van der Waals surface area contributed by atoms with Gasteiger partial charge in [-0.05, 0) is 62.8 Å². The molecule has 1 fully saturated rings. The first-order valence-corrected chi connectivity index (χ1v) is 6.03. The molecule has 1 N–H and O–H groups in total. The molecule has 0 saturated heterocycles. The molecule has 0 atom stereocenters. The molecule has 1 saturated carbocycles. The van der Waals surface area contributed by atoms with Gasteiger partial charge in [0.05, 0.1) is 5.60 Å². The van der Waals surface area contributed by atoms with Crippen molar-refractivity contribution < 1.29 is 9.84 Å². The highest BCUT2D eigenvalue weighted by Gasteiger charge is 2.42. The fourth-order valence-electron chi connectivity index (χ4n) is 2.36. The van der Waals surface area contributed by atoms with Crippen LogP contribution in [-0.4, -0.2) is 10.7 Å². The lowest BCUT2D eigenvalue weighted by Gasteiger charge is -2.33. The highest BCUT2D eigenvalue weighted by molar-refractivity contribution is 5.42. The molecule has 0 bridgehead atoms. The molecular formula is C14H18O2. The third-order valence-electron chi connectivity index (χ3n) is 3.70. The number of ether oxygens (including phenoxy) is 1. The molecule has 1 aromatic rings. The van der Waals surface area contributed by atoms with Crippen LogP contribution in [0.2, 0.25) is 0 Å². The Hall–Kier alpha value is -1.02. The topological polar surface area (TPSA) is 29.5 Å². The van der Waals surface area contributed by atoms with Gasteiger partial charge in [0.15, 0.2) is 0 Å². The van der Waals surface area contributed by atoms with Gasteiger partial charge >= 0.3 is 0 Å². The van der Waals surface area contributed by atoms with Gasteiger partial charge < -0.3 is 9.84 Å². The maximum atomic E-state index is 10.1. The second kappa shape index (κ2) is 3.01. The molecule has 86 valence electrons. The van der Waals surface area contributed by atoms with Crippen molar-refractivity contribution in [2.75, 3.05) is 0 Å². The van der Waals surface area contributed by atoms with E-state index in [0.717, 1.165) is 37.0 Å². The molecule has 0 aromatic heterocycles. The number of rotatable bonds is 1. The second-order valence-electron chi connectivity index (χ2n) is 5.72. The summed E-state index contributed by atoms with van der Waals surface area (Å²) in [5.74, 6) is 0.990. The van der Waals surface area contributed by atoms with Gasteiger partial charge in [0.2, 0.25) is 0 Å². The SMILES string of the molecule is CC1(C)CCc2cc(C3(O)CC3)ccc2O1. The van der Waals surface area contributed by atoms with E-state index in [1.54, 1.807) is 0 Å². The van der Waals surface area contributed by atoms with Gasteiger partial charge in [-0.2, -0.15) is 0 Å². The van der Waals surface area contributed by atoms with Gasteiger partial charge in [0.1, 0.15) is 11.4 Å². The van der Waals surface area contributed by atoms with E-state index in [1.165, 1.54) is 5.56 Å². The number of aryl methyl sites for hydroxylation is 1. The molecule has 1 heterocycles. The summed E-state index contributed by atoms with van der Waals surface area (Å²) < 4.78 is 5.93. The van der Waals surface area contributed by atoms with Gasteiger partial charge in [0.25, 0.3) is 0 Å². The molecule has 2 aliphatic rings. The van der Waals surface area contributed by atoms with E-state index >= 15 is 0 Å². The first-order chi connectivity index (χ1) is 7.49. The second-order valence-corrected chi connectivity index (χ2v) is 5.72. The fourth-order valence-corrected chi connectivity index (χ4v) is 2.36. The Balaban J connectivity index is 1.95. The van der Waals surface area contributed by atoms with Crippen LogP contribution in [0.3, 0.4) is 0 Å². The Bertz CT molecular complexity index is 430. The lowest BCUT2D eigenvalue weighted by molar-refractivity contribution is 0.0842. The standard InChI is InChI=1S/C14H18O2/c1-13(2)6-5-10-9-11(14(15)7-8-14)3-4-12(10)16-13/h3-4,9,15H,5-8H2,1-2H3. The van der Waals surface area contributed by atoms with Crippen LogP contribution in [-0.2, 0) is 12.0 Å². The summed E-state index contributed by atoms with van der Waals surface area (Å²) in [6.07, 6.45) is 3.89. The van der Waals surface area contributed by atoms with Gasteiger partial charge in [-0.1, -0.05) is 6.07 Å². The van der Waals surface area contributed by atoms with Crippen LogP contribution < -0.4 is 4.74 Å². The maximum Gasteiger partial charge on any atom is 0.123 e. The summed E-state index contributed by atoms with van der Waals surface area (Å²) in [6.45, 7) is 4.25. The largest absolute Gasteiger partial charge is 0.488 e. The van der Waals surface area contributed by atoms with Crippen molar-refractivity contribution in [1.82, 2.24) is 0 Å². The number of hydrogen-bond acceptors (Lipinski definition) is 2. The average Bonchev–Trinajstić information content (AvgIpc) is 2.96. The third-order valence-corrected chi connectivity index (χ3v) is 3.70. The zero-order valence-electron chi connectivity index (χ0n) is 9.92. The minimum absolute atomic E-state index is 0.0506. The van der Waals surface area contributed by atoms with Crippen LogP contribution in [0.1, 0.15) is 44.2 Å². The Morgan fingerprint density at radius 2 is 1.94 bits per heavy atom. The third kappa shape index (κ3) is 1.61. The van der Waals surface area contributed by atoms with Crippen LogP contribution in [0.25, 0.3) is 0 Å². The average molecular weight is 218 g/mol. The summed E-state index contributed by atoms with van der Waals surface area (Å²) in [4.78, 5) is 0. The molecule has 0 radical (unpaired) electrons. The molecule has 0 unspecified atom stereocenters. The highest BCUT2D eigenvalue weighted by Crippen LogP contribution is 2.47. The van der Waals surface area contributed by atoms with Crippen molar-refractivity contribution in [3.63, 3.8) is 0 Å². The van der Waals surface area contributed by atoms with Crippen molar-refractivity contribution in [2.45, 2.75) is 50.7 Å². The van der Waals surface area contributed by atoms with E-state index in [0.29, 0.717) is 0 Å². The minimum atomic E-state index is -0.526. The van der Waals surface area contributed by atoms with E-state index in [4.69, 9.17) is 4.74 Å². The summed E-state index contributed by atoms with van der Waals surface area (Å²) in [5, 5.41) is 10.1. The molecule has 3 rings (SSSR count). The quantitative estimate of drug-likeness (QED) is 0.785.